The molecule has 0 spiro atoms. The zero-order valence-corrected chi connectivity index (χ0v) is 36.9. The van der Waals surface area contributed by atoms with Crippen molar-refractivity contribution >= 4 is 29.5 Å². The van der Waals surface area contributed by atoms with E-state index in [1.807, 2.05) is 13.8 Å². The summed E-state index contributed by atoms with van der Waals surface area (Å²) in [6.45, 7) is 25.3. The molecule has 2 amide bonds. The van der Waals surface area contributed by atoms with Crippen LogP contribution in [-0.4, -0.2) is 64.9 Å². The van der Waals surface area contributed by atoms with Gasteiger partial charge in [-0.15, -0.1) is 0 Å². The molecular formula is C47H73N3O7. The van der Waals surface area contributed by atoms with Gasteiger partial charge in [-0.1, -0.05) is 62.3 Å². The summed E-state index contributed by atoms with van der Waals surface area (Å²) in [5.74, 6) is -1.24. The van der Waals surface area contributed by atoms with Crippen LogP contribution in [0, 0.1) is 68.5 Å². The van der Waals surface area contributed by atoms with E-state index in [2.05, 4.69) is 64.4 Å². The summed E-state index contributed by atoms with van der Waals surface area (Å²) in [4.78, 5) is 67.3. The summed E-state index contributed by atoms with van der Waals surface area (Å²) in [7, 11) is 0. The fourth-order valence-electron chi connectivity index (χ4n) is 14.8. The van der Waals surface area contributed by atoms with Crippen molar-refractivity contribution in [2.45, 2.75) is 170 Å². The van der Waals surface area contributed by atoms with Gasteiger partial charge < -0.3 is 25.8 Å². The van der Waals surface area contributed by atoms with Crippen LogP contribution in [-0.2, 0) is 28.7 Å². The minimum atomic E-state index is -1.13. The molecule has 7 rings (SSSR count). The number of ether oxygens (including phenoxy) is 1. The normalized spacial score (nSPS) is 41.2. The van der Waals surface area contributed by atoms with Gasteiger partial charge in [-0.25, -0.2) is 0 Å². The van der Waals surface area contributed by atoms with Crippen LogP contribution in [0.5, 0.6) is 0 Å². The molecule has 0 unspecified atom stereocenters. The van der Waals surface area contributed by atoms with Crippen molar-refractivity contribution in [1.29, 1.82) is 0 Å². The Morgan fingerprint density at radius 1 is 0.807 bits per heavy atom. The van der Waals surface area contributed by atoms with Crippen LogP contribution in [0.1, 0.15) is 153 Å². The molecule has 10 heteroatoms. The van der Waals surface area contributed by atoms with Gasteiger partial charge in [0.1, 0.15) is 11.6 Å². The number of aliphatic carboxylic acids is 1. The molecule has 57 heavy (non-hydrogen) atoms. The van der Waals surface area contributed by atoms with Crippen LogP contribution in [0.4, 0.5) is 0 Å². The van der Waals surface area contributed by atoms with E-state index in [1.54, 1.807) is 13.8 Å². The van der Waals surface area contributed by atoms with Gasteiger partial charge in [-0.05, 0) is 154 Å². The van der Waals surface area contributed by atoms with Crippen molar-refractivity contribution in [2.75, 3.05) is 13.1 Å². The maximum Gasteiger partial charge on any atom is 0.309 e. The minimum absolute atomic E-state index is 0.00154. The third-order valence-electron chi connectivity index (χ3n) is 18.5. The second-order valence-corrected chi connectivity index (χ2v) is 22.7. The number of esters is 1. The van der Waals surface area contributed by atoms with Crippen LogP contribution in [0.3, 0.4) is 0 Å². The number of fused-ring (bicyclic) bond motifs is 7. The van der Waals surface area contributed by atoms with Gasteiger partial charge >= 0.3 is 11.9 Å². The highest BCUT2D eigenvalue weighted by atomic mass is 16.5. The molecule has 10 atom stereocenters. The predicted molar refractivity (Wildman–Crippen MR) is 219 cm³/mol. The molecular weight excluding hydrogens is 719 g/mol. The summed E-state index contributed by atoms with van der Waals surface area (Å²) in [5, 5.41) is 19.6. The lowest BCUT2D eigenvalue weighted by atomic mass is 9.33. The zero-order valence-electron chi connectivity index (χ0n) is 36.9. The van der Waals surface area contributed by atoms with Gasteiger partial charge in [0.25, 0.3) is 0 Å². The number of nitrogens with one attached hydrogen (secondary N) is 3. The van der Waals surface area contributed by atoms with Gasteiger partial charge in [0.15, 0.2) is 5.78 Å². The zero-order chi connectivity index (χ0) is 41.9. The fraction of sp³-hybridized carbons (Fsp3) is 0.851. The lowest BCUT2D eigenvalue weighted by molar-refractivity contribution is -0.235. The lowest BCUT2D eigenvalue weighted by Gasteiger charge is -2.72. The van der Waals surface area contributed by atoms with Crippen molar-refractivity contribution in [1.82, 2.24) is 16.0 Å². The molecule has 5 saturated carbocycles. The molecule has 1 aliphatic heterocycles. The predicted octanol–water partition coefficient (Wildman–Crippen LogP) is 7.39. The van der Waals surface area contributed by atoms with E-state index < -0.39 is 34.3 Å². The van der Waals surface area contributed by atoms with E-state index in [4.69, 9.17) is 4.74 Å². The number of carbonyl (C=O) groups is 5. The second-order valence-electron chi connectivity index (χ2n) is 22.7. The number of carboxylic acid groups (broad SMARTS) is 1. The molecule has 1 heterocycles. The third kappa shape index (κ3) is 6.28. The van der Waals surface area contributed by atoms with E-state index in [1.165, 1.54) is 5.57 Å². The Morgan fingerprint density at radius 2 is 1.47 bits per heavy atom. The smallest absolute Gasteiger partial charge is 0.309 e. The van der Waals surface area contributed by atoms with Crippen LogP contribution < -0.4 is 16.0 Å². The summed E-state index contributed by atoms with van der Waals surface area (Å²) < 4.78 is 6.42. The van der Waals surface area contributed by atoms with Crippen LogP contribution in [0.25, 0.3) is 0 Å². The third-order valence-corrected chi connectivity index (χ3v) is 18.5. The monoisotopic (exact) mass is 792 g/mol. The average molecular weight is 792 g/mol. The molecule has 0 bridgehead atoms. The van der Waals surface area contributed by atoms with Crippen molar-refractivity contribution < 1.29 is 33.8 Å². The Hall–Kier alpha value is -2.75. The number of amides is 2. The molecule has 1 saturated heterocycles. The van der Waals surface area contributed by atoms with Crippen LogP contribution in [0.2, 0.25) is 0 Å². The average Bonchev–Trinajstić information content (AvgIpc) is 3.41. The number of carbonyl (C=O) groups excluding carboxylic acids is 4. The molecule has 0 radical (unpaired) electrons. The molecule has 10 nitrogen and oxygen atoms in total. The van der Waals surface area contributed by atoms with E-state index in [0.717, 1.165) is 76.5 Å². The first-order valence-electron chi connectivity index (χ1n) is 22.4. The van der Waals surface area contributed by atoms with Crippen LogP contribution in [0.15, 0.2) is 11.1 Å². The van der Waals surface area contributed by atoms with Gasteiger partial charge in [0.2, 0.25) is 11.8 Å². The van der Waals surface area contributed by atoms with E-state index in [9.17, 15) is 29.1 Å². The number of allylic oxidation sites excluding steroid dienone is 1. The van der Waals surface area contributed by atoms with Crippen molar-refractivity contribution in [3.05, 3.63) is 11.1 Å². The number of rotatable bonds is 8. The first kappa shape index (κ1) is 42.4. The van der Waals surface area contributed by atoms with E-state index in [0.29, 0.717) is 24.7 Å². The molecule has 4 N–H and O–H groups in total. The summed E-state index contributed by atoms with van der Waals surface area (Å²) >= 11 is 0. The first-order chi connectivity index (χ1) is 26.4. The number of piperidine rings is 1. The molecule has 0 aromatic carbocycles. The highest BCUT2D eigenvalue weighted by Gasteiger charge is 2.71. The SMILES string of the molecule is CC(C)C1=C2[C@H]3CC[C@@H]4[C@@]5(C)CC[C@H](OC(=O)[C@H]6C[C@@H](C(=O)O)C6(C)C)C(C)(C)[C@@H]5CC[C@@]4(C)[C@]3(C)CC[C@@]2(NC(=O)C(C)(C)NC(=O)C2CCNCC2)CC1=O. The first-order valence-corrected chi connectivity index (χ1v) is 22.4. The van der Waals surface area contributed by atoms with Crippen molar-refractivity contribution in [3.8, 4) is 0 Å². The molecule has 6 aliphatic carbocycles. The minimum Gasteiger partial charge on any atom is -0.481 e. The van der Waals surface area contributed by atoms with Gasteiger partial charge in [0.05, 0.1) is 17.4 Å². The van der Waals surface area contributed by atoms with Crippen LogP contribution >= 0.6 is 0 Å². The molecule has 0 aromatic heterocycles. The Morgan fingerprint density at radius 3 is 2.09 bits per heavy atom. The quantitative estimate of drug-likeness (QED) is 0.186. The van der Waals surface area contributed by atoms with Crippen molar-refractivity contribution in [2.24, 2.45) is 68.5 Å². The Bertz CT molecular complexity index is 1740. The molecule has 6 fully saturated rings. The maximum absolute atomic E-state index is 14.4. The number of hydrogen-bond acceptors (Lipinski definition) is 7. The highest BCUT2D eigenvalue weighted by molar-refractivity contribution is 6.03. The Balaban J connectivity index is 1.13. The number of ketones is 1. The lowest BCUT2D eigenvalue weighted by Crippen LogP contribution is -2.68. The van der Waals surface area contributed by atoms with E-state index in [-0.39, 0.29) is 75.5 Å². The molecule has 0 aromatic rings. The molecule has 318 valence electrons. The largest absolute Gasteiger partial charge is 0.481 e. The number of carboxylic acids is 1. The van der Waals surface area contributed by atoms with Gasteiger partial charge in [-0.2, -0.15) is 0 Å². The van der Waals surface area contributed by atoms with Crippen molar-refractivity contribution in [3.63, 3.8) is 0 Å². The van der Waals surface area contributed by atoms with E-state index >= 15 is 0 Å². The molecule has 7 aliphatic rings. The summed E-state index contributed by atoms with van der Waals surface area (Å²) in [6.07, 6.45) is 9.41. The Labute approximate surface area is 341 Å². The van der Waals surface area contributed by atoms with Gasteiger partial charge in [-0.3, -0.25) is 24.0 Å². The summed E-state index contributed by atoms with van der Waals surface area (Å²) in [5.41, 5.74) is -0.685. The second kappa shape index (κ2) is 13.9. The maximum atomic E-state index is 14.4. The highest BCUT2D eigenvalue weighted by Crippen LogP contribution is 2.76. The topological polar surface area (TPSA) is 151 Å². The number of hydrogen-bond donors (Lipinski definition) is 4. The van der Waals surface area contributed by atoms with Gasteiger partial charge in [0, 0.05) is 17.8 Å². The number of Topliss-reactive ketones (excluding diaryl/α,β-unsaturated/α-hetero) is 1. The standard InChI is InChI=1S/C47H73N3O7/c1-26(2)35-31(51)25-47(50-40(56)43(7,8)49-37(52)27-16-22-48-23-17-27)21-20-45(10)28(36(35)47)12-13-33-44(9)18-15-34(42(5,6)32(44)14-19-46(33,45)11)57-39(55)30-24-29(38(53)54)41(30,3)4/h26-30,32-34,48H,12-25H2,1-11H3,(H,49,52)(H,50,56)(H,53,54)/t28-,29+,30-,32+,33-,34+,44+,45-,46-,47-/m1/s1. The fourth-order valence-corrected chi connectivity index (χ4v) is 14.8. The summed E-state index contributed by atoms with van der Waals surface area (Å²) in [6, 6.07) is 0. The Kier molecular flexibility index (Phi) is 10.3.